The van der Waals surface area contributed by atoms with E-state index >= 15 is 4.39 Å². The van der Waals surface area contributed by atoms with E-state index in [2.05, 4.69) is 33.9 Å². The van der Waals surface area contributed by atoms with Crippen LogP contribution in [0.15, 0.2) is 4.79 Å². The van der Waals surface area contributed by atoms with E-state index in [0.29, 0.717) is 19.0 Å². The second kappa shape index (κ2) is 7.91. The van der Waals surface area contributed by atoms with Crippen molar-refractivity contribution in [3.8, 4) is 6.01 Å². The Hall–Kier alpha value is -2.26. The number of halogens is 1. The zero-order chi connectivity index (χ0) is 23.5. The van der Waals surface area contributed by atoms with E-state index in [1.807, 2.05) is 7.05 Å². The third kappa shape index (κ3) is 3.51. The van der Waals surface area contributed by atoms with Crippen LogP contribution in [0.25, 0.3) is 10.9 Å². The molecule has 2 unspecified atom stereocenters. The van der Waals surface area contributed by atoms with Crippen molar-refractivity contribution >= 4 is 16.7 Å². The first-order chi connectivity index (χ1) is 15.7. The Kier molecular flexibility index (Phi) is 5.40. The van der Waals surface area contributed by atoms with Crippen LogP contribution in [0.2, 0.25) is 0 Å². The molecule has 5 heterocycles. The number of rotatable bonds is 5. The molecule has 3 saturated heterocycles. The Bertz CT molecular complexity index is 1140. The third-order valence-electron chi connectivity index (χ3n) is 8.37. The number of aromatic nitrogens is 3. The van der Waals surface area contributed by atoms with Crippen molar-refractivity contribution in [2.75, 3.05) is 38.2 Å². The highest BCUT2D eigenvalue weighted by molar-refractivity contribution is 5.90. The Morgan fingerprint density at radius 1 is 1.24 bits per heavy atom. The minimum atomic E-state index is -0.495. The number of ether oxygens (including phenoxy) is 1. The minimum Gasteiger partial charge on any atom is -0.461 e. The number of anilines is 1. The average molecular weight is 459 g/mol. The van der Waals surface area contributed by atoms with Crippen molar-refractivity contribution in [2.24, 2.45) is 7.05 Å². The number of hydrogen-bond acceptors (Lipinski definition) is 7. The molecular formula is C24H35FN6O2. The minimum absolute atomic E-state index is 0.0331. The van der Waals surface area contributed by atoms with E-state index in [9.17, 15) is 4.79 Å². The molecule has 3 aliphatic rings. The predicted octanol–water partition coefficient (Wildman–Crippen LogP) is 2.36. The van der Waals surface area contributed by atoms with Gasteiger partial charge in [0.25, 0.3) is 5.56 Å². The Morgan fingerprint density at radius 2 is 1.94 bits per heavy atom. The fraction of sp³-hybridized carbons (Fsp3) is 0.708. The summed E-state index contributed by atoms with van der Waals surface area (Å²) < 4.78 is 23.0. The number of likely N-dealkylation sites (N-methyl/N-ethyl adjacent to an activating group) is 1. The van der Waals surface area contributed by atoms with Gasteiger partial charge in [-0.25, -0.2) is 4.39 Å². The maximum atomic E-state index is 15.4. The Balaban J connectivity index is 1.61. The molecule has 0 spiro atoms. The zero-order valence-corrected chi connectivity index (χ0v) is 20.4. The lowest BCUT2D eigenvalue weighted by Gasteiger charge is -2.31. The van der Waals surface area contributed by atoms with Crippen LogP contribution in [0.4, 0.5) is 10.2 Å². The van der Waals surface area contributed by atoms with E-state index in [1.54, 1.807) is 14.0 Å². The zero-order valence-electron chi connectivity index (χ0n) is 20.4. The largest absolute Gasteiger partial charge is 0.461 e. The molecule has 2 atom stereocenters. The van der Waals surface area contributed by atoms with Crippen LogP contribution < -0.4 is 20.5 Å². The lowest BCUT2D eigenvalue weighted by Crippen LogP contribution is -2.43. The van der Waals surface area contributed by atoms with Gasteiger partial charge in [0.15, 0.2) is 5.82 Å². The molecule has 0 radical (unpaired) electrons. The summed E-state index contributed by atoms with van der Waals surface area (Å²) in [5.41, 5.74) is -0.0702. The molecule has 5 rings (SSSR count). The molecule has 3 aliphatic heterocycles. The summed E-state index contributed by atoms with van der Waals surface area (Å²) in [7, 11) is 3.53. The average Bonchev–Trinajstić information content (AvgIpc) is 3.46. The van der Waals surface area contributed by atoms with Gasteiger partial charge in [-0.1, -0.05) is 0 Å². The quantitative estimate of drug-likeness (QED) is 0.737. The van der Waals surface area contributed by atoms with Crippen LogP contribution in [0.1, 0.15) is 51.6 Å². The van der Waals surface area contributed by atoms with Gasteiger partial charge in [0.2, 0.25) is 0 Å². The lowest BCUT2D eigenvalue weighted by molar-refractivity contribution is 0.108. The number of hydrogen-bond donors (Lipinski definition) is 1. The van der Waals surface area contributed by atoms with Crippen LogP contribution in [-0.2, 0) is 7.05 Å². The SMILES string of the molecule is CNC1(C)CC(C)N(c2nc(OCC34CCCN3CCC4)nc3c(F)c(C)n(C)c(=O)c23)C1. The van der Waals surface area contributed by atoms with Gasteiger partial charge in [-0.2, -0.15) is 9.97 Å². The first-order valence-electron chi connectivity index (χ1n) is 12.1. The predicted molar refractivity (Wildman–Crippen MR) is 127 cm³/mol. The van der Waals surface area contributed by atoms with Crippen LogP contribution >= 0.6 is 0 Å². The normalized spacial score (nSPS) is 27.0. The molecule has 8 nitrogen and oxygen atoms in total. The van der Waals surface area contributed by atoms with Gasteiger partial charge in [-0.3, -0.25) is 9.69 Å². The second-order valence-corrected chi connectivity index (χ2v) is 10.5. The van der Waals surface area contributed by atoms with Crippen LogP contribution in [0.3, 0.4) is 0 Å². The third-order valence-corrected chi connectivity index (χ3v) is 8.37. The molecule has 3 fully saturated rings. The second-order valence-electron chi connectivity index (χ2n) is 10.5. The van der Waals surface area contributed by atoms with E-state index < -0.39 is 5.82 Å². The van der Waals surface area contributed by atoms with Crippen LogP contribution in [0.5, 0.6) is 6.01 Å². The summed E-state index contributed by atoms with van der Waals surface area (Å²) in [4.78, 5) is 27.1. The highest BCUT2D eigenvalue weighted by atomic mass is 19.1. The smallest absolute Gasteiger partial charge is 0.319 e. The molecule has 2 aromatic heterocycles. The van der Waals surface area contributed by atoms with Crippen molar-refractivity contribution < 1.29 is 9.13 Å². The van der Waals surface area contributed by atoms with Crippen molar-refractivity contribution in [3.05, 3.63) is 21.9 Å². The Morgan fingerprint density at radius 3 is 2.58 bits per heavy atom. The molecule has 0 saturated carbocycles. The standard InChI is InChI=1S/C24H35FN6O2/c1-15-12-23(3,26-4)13-31(15)20-17-19(18(25)16(2)29(5)21(17)32)27-22(28-20)33-14-24-8-6-10-30(24)11-7-9-24/h15,26H,6-14H2,1-5H3. The van der Waals surface area contributed by atoms with Gasteiger partial charge in [-0.15, -0.1) is 0 Å². The summed E-state index contributed by atoms with van der Waals surface area (Å²) in [6.07, 6.45) is 5.43. The van der Waals surface area contributed by atoms with Crippen molar-refractivity contribution in [3.63, 3.8) is 0 Å². The van der Waals surface area contributed by atoms with Gasteiger partial charge in [-0.05, 0) is 73.0 Å². The molecule has 1 N–H and O–H groups in total. The molecule has 2 aromatic rings. The molecule has 33 heavy (non-hydrogen) atoms. The van der Waals surface area contributed by atoms with Crippen molar-refractivity contribution in [1.82, 2.24) is 24.8 Å². The first kappa shape index (κ1) is 22.5. The summed E-state index contributed by atoms with van der Waals surface area (Å²) in [6, 6.07) is 0.281. The van der Waals surface area contributed by atoms with E-state index in [1.165, 1.54) is 17.4 Å². The Labute approximate surface area is 194 Å². The molecule has 9 heteroatoms. The number of nitrogens with zero attached hydrogens (tertiary/aromatic N) is 5. The molecule has 0 amide bonds. The van der Waals surface area contributed by atoms with E-state index in [-0.39, 0.29) is 45.3 Å². The maximum absolute atomic E-state index is 15.4. The topological polar surface area (TPSA) is 75.5 Å². The van der Waals surface area contributed by atoms with Crippen LogP contribution in [0, 0.1) is 12.7 Å². The van der Waals surface area contributed by atoms with E-state index in [0.717, 1.165) is 32.4 Å². The monoisotopic (exact) mass is 458 g/mol. The summed E-state index contributed by atoms with van der Waals surface area (Å²) in [5, 5.41) is 3.61. The number of nitrogens with one attached hydrogen (secondary N) is 1. The fourth-order valence-electron chi connectivity index (χ4n) is 6.18. The number of pyridine rings is 1. The van der Waals surface area contributed by atoms with Gasteiger partial charge < -0.3 is 19.5 Å². The molecule has 0 aromatic carbocycles. The summed E-state index contributed by atoms with van der Waals surface area (Å²) in [5.74, 6) is -0.0291. The van der Waals surface area contributed by atoms with Gasteiger partial charge in [0.1, 0.15) is 23.3 Å². The fourth-order valence-corrected chi connectivity index (χ4v) is 6.18. The maximum Gasteiger partial charge on any atom is 0.319 e. The van der Waals surface area contributed by atoms with E-state index in [4.69, 9.17) is 9.72 Å². The highest BCUT2D eigenvalue weighted by Gasteiger charge is 2.45. The molecule has 180 valence electrons. The van der Waals surface area contributed by atoms with Crippen molar-refractivity contribution in [2.45, 2.75) is 70.0 Å². The molecule has 0 aliphatic carbocycles. The van der Waals surface area contributed by atoms with Gasteiger partial charge >= 0.3 is 6.01 Å². The highest BCUT2D eigenvalue weighted by Crippen LogP contribution is 2.40. The van der Waals surface area contributed by atoms with Gasteiger partial charge in [0, 0.05) is 25.2 Å². The van der Waals surface area contributed by atoms with Crippen LogP contribution in [-0.4, -0.2) is 69.8 Å². The molecular weight excluding hydrogens is 423 g/mol. The first-order valence-corrected chi connectivity index (χ1v) is 12.1. The van der Waals surface area contributed by atoms with Gasteiger partial charge in [0.05, 0.1) is 11.2 Å². The van der Waals surface area contributed by atoms with Crippen molar-refractivity contribution in [1.29, 1.82) is 0 Å². The number of fused-ring (bicyclic) bond motifs is 2. The lowest BCUT2D eigenvalue weighted by atomic mass is 9.95. The molecule has 0 bridgehead atoms. The summed E-state index contributed by atoms with van der Waals surface area (Å²) >= 11 is 0. The summed E-state index contributed by atoms with van der Waals surface area (Å²) in [6.45, 7) is 9.22.